The van der Waals surface area contributed by atoms with Gasteiger partial charge in [-0.3, -0.25) is 4.98 Å². The second kappa shape index (κ2) is 7.71. The topological polar surface area (TPSA) is 69.7 Å². The quantitative estimate of drug-likeness (QED) is 0.938. The second-order valence-electron chi connectivity index (χ2n) is 5.18. The molecule has 1 amide bonds. The van der Waals surface area contributed by atoms with Gasteiger partial charge in [-0.15, -0.1) is 0 Å². The Labute approximate surface area is 134 Å². The fourth-order valence-corrected chi connectivity index (χ4v) is 2.23. The third-order valence-electron chi connectivity index (χ3n) is 3.41. The standard InChI is InChI=1S/C17H18N2O4/c20-17(23-10-13-4-2-1-3-5-13)19-15-11-21-16(22-12-15)14-6-8-18-9-7-14/h1-9,15-16H,10-12H2,(H,19,20). The van der Waals surface area contributed by atoms with E-state index in [0.717, 1.165) is 11.1 Å². The van der Waals surface area contributed by atoms with Crippen molar-refractivity contribution >= 4 is 6.09 Å². The van der Waals surface area contributed by atoms with E-state index in [4.69, 9.17) is 14.2 Å². The van der Waals surface area contributed by atoms with Crippen LogP contribution in [0.25, 0.3) is 0 Å². The number of pyridine rings is 1. The number of amides is 1. The Kier molecular flexibility index (Phi) is 5.18. The molecular formula is C17H18N2O4. The van der Waals surface area contributed by atoms with Gasteiger partial charge in [0.15, 0.2) is 6.29 Å². The monoisotopic (exact) mass is 314 g/mol. The highest BCUT2D eigenvalue weighted by molar-refractivity contribution is 5.67. The van der Waals surface area contributed by atoms with E-state index in [1.54, 1.807) is 12.4 Å². The molecule has 1 aliphatic heterocycles. The van der Waals surface area contributed by atoms with Crippen molar-refractivity contribution in [2.45, 2.75) is 18.9 Å². The summed E-state index contributed by atoms with van der Waals surface area (Å²) in [5.74, 6) is 0. The Morgan fingerprint density at radius 1 is 1.13 bits per heavy atom. The summed E-state index contributed by atoms with van der Waals surface area (Å²) in [6, 6.07) is 13.0. The summed E-state index contributed by atoms with van der Waals surface area (Å²) in [5, 5.41) is 2.74. The lowest BCUT2D eigenvalue weighted by molar-refractivity contribution is -0.193. The molecule has 1 aromatic heterocycles. The number of ether oxygens (including phenoxy) is 3. The maximum atomic E-state index is 11.8. The molecule has 1 fully saturated rings. The molecule has 3 rings (SSSR count). The highest BCUT2D eigenvalue weighted by Crippen LogP contribution is 2.22. The second-order valence-corrected chi connectivity index (χ2v) is 5.18. The molecule has 0 bridgehead atoms. The van der Waals surface area contributed by atoms with E-state index in [0.29, 0.717) is 13.2 Å². The van der Waals surface area contributed by atoms with E-state index >= 15 is 0 Å². The molecule has 0 aliphatic carbocycles. The summed E-state index contributed by atoms with van der Waals surface area (Å²) in [7, 11) is 0. The SMILES string of the molecule is O=C(NC1COC(c2ccncc2)OC1)OCc1ccccc1. The molecule has 2 heterocycles. The average Bonchev–Trinajstić information content (AvgIpc) is 2.62. The number of hydrogen-bond acceptors (Lipinski definition) is 5. The Hall–Kier alpha value is -2.44. The lowest BCUT2D eigenvalue weighted by Gasteiger charge is -2.29. The maximum Gasteiger partial charge on any atom is 0.407 e. The summed E-state index contributed by atoms with van der Waals surface area (Å²) in [6.07, 6.45) is 2.48. The highest BCUT2D eigenvalue weighted by atomic mass is 16.7. The zero-order chi connectivity index (χ0) is 15.9. The first kappa shape index (κ1) is 15.5. The van der Waals surface area contributed by atoms with Gasteiger partial charge in [-0.2, -0.15) is 0 Å². The summed E-state index contributed by atoms with van der Waals surface area (Å²) < 4.78 is 16.4. The van der Waals surface area contributed by atoms with Crippen molar-refractivity contribution in [3.05, 3.63) is 66.0 Å². The Balaban J connectivity index is 1.41. The first-order chi connectivity index (χ1) is 11.3. The van der Waals surface area contributed by atoms with Crippen LogP contribution in [0.2, 0.25) is 0 Å². The van der Waals surface area contributed by atoms with Gasteiger partial charge in [0.2, 0.25) is 0 Å². The fraction of sp³-hybridized carbons (Fsp3) is 0.294. The minimum absolute atomic E-state index is 0.226. The number of carbonyl (C=O) groups is 1. The van der Waals surface area contributed by atoms with Gasteiger partial charge in [0.1, 0.15) is 6.61 Å². The summed E-state index contributed by atoms with van der Waals surface area (Å²) in [5.41, 5.74) is 1.85. The van der Waals surface area contributed by atoms with Crippen LogP contribution < -0.4 is 5.32 Å². The van der Waals surface area contributed by atoms with Crippen LogP contribution in [0.4, 0.5) is 4.79 Å². The molecule has 6 heteroatoms. The van der Waals surface area contributed by atoms with Gasteiger partial charge >= 0.3 is 6.09 Å². The molecule has 1 N–H and O–H groups in total. The van der Waals surface area contributed by atoms with Gasteiger partial charge in [0.25, 0.3) is 0 Å². The molecule has 0 radical (unpaired) electrons. The van der Waals surface area contributed by atoms with Gasteiger partial charge < -0.3 is 19.5 Å². The first-order valence-corrected chi connectivity index (χ1v) is 7.41. The maximum absolute atomic E-state index is 11.8. The Morgan fingerprint density at radius 2 is 1.83 bits per heavy atom. The molecule has 0 spiro atoms. The van der Waals surface area contributed by atoms with E-state index in [9.17, 15) is 4.79 Å². The molecule has 1 saturated heterocycles. The van der Waals surface area contributed by atoms with Gasteiger partial charge in [-0.25, -0.2) is 4.79 Å². The van der Waals surface area contributed by atoms with Crippen LogP contribution in [0.5, 0.6) is 0 Å². The Morgan fingerprint density at radius 3 is 2.52 bits per heavy atom. The van der Waals surface area contributed by atoms with Crippen LogP contribution in [0.3, 0.4) is 0 Å². The third kappa shape index (κ3) is 4.51. The van der Waals surface area contributed by atoms with Gasteiger partial charge in [0.05, 0.1) is 19.3 Å². The number of alkyl carbamates (subject to hydrolysis) is 1. The van der Waals surface area contributed by atoms with Crippen molar-refractivity contribution in [2.24, 2.45) is 0 Å². The highest BCUT2D eigenvalue weighted by Gasteiger charge is 2.25. The van der Waals surface area contributed by atoms with E-state index in [1.807, 2.05) is 42.5 Å². The van der Waals surface area contributed by atoms with Crippen molar-refractivity contribution in [1.82, 2.24) is 10.3 Å². The fourth-order valence-electron chi connectivity index (χ4n) is 2.23. The number of aromatic nitrogens is 1. The zero-order valence-corrected chi connectivity index (χ0v) is 12.6. The number of rotatable bonds is 4. The van der Waals surface area contributed by atoms with Gasteiger partial charge in [-0.1, -0.05) is 30.3 Å². The molecule has 120 valence electrons. The first-order valence-electron chi connectivity index (χ1n) is 7.41. The van der Waals surface area contributed by atoms with E-state index in [-0.39, 0.29) is 12.6 Å². The molecule has 0 unspecified atom stereocenters. The molecule has 0 atom stereocenters. The smallest absolute Gasteiger partial charge is 0.407 e. The van der Waals surface area contributed by atoms with Crippen LogP contribution in [-0.4, -0.2) is 30.3 Å². The van der Waals surface area contributed by atoms with Crippen molar-refractivity contribution in [1.29, 1.82) is 0 Å². The number of benzene rings is 1. The van der Waals surface area contributed by atoms with Crippen molar-refractivity contribution in [3.8, 4) is 0 Å². The van der Waals surface area contributed by atoms with Crippen LogP contribution >= 0.6 is 0 Å². The number of nitrogens with one attached hydrogen (secondary N) is 1. The molecule has 2 aromatic rings. The Bertz CT molecular complexity index is 613. The van der Waals surface area contributed by atoms with Crippen molar-refractivity contribution < 1.29 is 19.0 Å². The number of carbonyl (C=O) groups excluding carboxylic acids is 1. The van der Waals surface area contributed by atoms with E-state index in [2.05, 4.69) is 10.3 Å². The van der Waals surface area contributed by atoms with E-state index < -0.39 is 12.4 Å². The summed E-state index contributed by atoms with van der Waals surface area (Å²) >= 11 is 0. The zero-order valence-electron chi connectivity index (χ0n) is 12.6. The minimum atomic E-state index is -0.478. The van der Waals surface area contributed by atoms with Crippen molar-refractivity contribution in [2.75, 3.05) is 13.2 Å². The summed E-state index contributed by atoms with van der Waals surface area (Å²) in [6.45, 7) is 0.974. The molecule has 23 heavy (non-hydrogen) atoms. The minimum Gasteiger partial charge on any atom is -0.445 e. The average molecular weight is 314 g/mol. The molecule has 6 nitrogen and oxygen atoms in total. The lowest BCUT2D eigenvalue weighted by atomic mass is 10.2. The van der Waals surface area contributed by atoms with Crippen LogP contribution in [0.15, 0.2) is 54.9 Å². The van der Waals surface area contributed by atoms with E-state index in [1.165, 1.54) is 0 Å². The van der Waals surface area contributed by atoms with Crippen molar-refractivity contribution in [3.63, 3.8) is 0 Å². The largest absolute Gasteiger partial charge is 0.445 e. The molecule has 0 saturated carbocycles. The number of hydrogen-bond donors (Lipinski definition) is 1. The normalized spacial score (nSPS) is 20.7. The third-order valence-corrected chi connectivity index (χ3v) is 3.41. The van der Waals surface area contributed by atoms with Crippen LogP contribution in [0.1, 0.15) is 17.4 Å². The molecule has 1 aliphatic rings. The van der Waals surface area contributed by atoms with Gasteiger partial charge in [-0.05, 0) is 17.7 Å². The predicted octanol–water partition coefficient (Wildman–Crippen LogP) is 2.42. The lowest BCUT2D eigenvalue weighted by Crippen LogP contribution is -2.45. The predicted molar refractivity (Wildman–Crippen MR) is 82.4 cm³/mol. The van der Waals surface area contributed by atoms with Crippen LogP contribution in [0, 0.1) is 0 Å². The summed E-state index contributed by atoms with van der Waals surface area (Å²) in [4.78, 5) is 15.7. The number of nitrogens with zero attached hydrogens (tertiary/aromatic N) is 1. The molecular weight excluding hydrogens is 296 g/mol. The van der Waals surface area contributed by atoms with Gasteiger partial charge in [0, 0.05) is 18.0 Å². The molecule has 1 aromatic carbocycles. The van der Waals surface area contributed by atoms with Crippen LogP contribution in [-0.2, 0) is 20.8 Å².